The van der Waals surface area contributed by atoms with Crippen LogP contribution in [0, 0.1) is 11.3 Å². The van der Waals surface area contributed by atoms with Gasteiger partial charge < -0.3 is 4.74 Å². The Hall–Kier alpha value is -1.28. The van der Waals surface area contributed by atoms with Crippen LogP contribution in [-0.2, 0) is 4.74 Å². The van der Waals surface area contributed by atoms with Crippen LogP contribution in [0.15, 0.2) is 5.11 Å². The Morgan fingerprint density at radius 3 is 2.93 bits per heavy atom. The molecule has 0 rings (SSSR count). The SMILES string of the molecule is CCOCC(C)(C#N)NCCN=[N+]=[N-]. The van der Waals surface area contributed by atoms with Crippen molar-refractivity contribution in [2.45, 2.75) is 19.4 Å². The molecule has 0 aliphatic rings. The molecule has 1 N–H and O–H groups in total. The highest BCUT2D eigenvalue weighted by atomic mass is 16.5. The first-order chi connectivity index (χ1) is 6.68. The number of hydrogen-bond acceptors (Lipinski definition) is 4. The lowest BCUT2D eigenvalue weighted by molar-refractivity contribution is 0.106. The van der Waals surface area contributed by atoms with Gasteiger partial charge in [0.15, 0.2) is 0 Å². The molecule has 6 nitrogen and oxygen atoms in total. The number of nitriles is 1. The summed E-state index contributed by atoms with van der Waals surface area (Å²) in [6.07, 6.45) is 0. The van der Waals surface area contributed by atoms with Gasteiger partial charge in [-0.05, 0) is 19.4 Å². The van der Waals surface area contributed by atoms with Gasteiger partial charge in [0.2, 0.25) is 0 Å². The van der Waals surface area contributed by atoms with Gasteiger partial charge in [-0.1, -0.05) is 5.11 Å². The average molecular weight is 197 g/mol. The van der Waals surface area contributed by atoms with Crippen LogP contribution in [0.4, 0.5) is 0 Å². The normalized spacial score (nSPS) is 13.8. The Labute approximate surface area is 83.5 Å². The molecule has 0 saturated carbocycles. The van der Waals surface area contributed by atoms with E-state index in [2.05, 4.69) is 21.4 Å². The van der Waals surface area contributed by atoms with Gasteiger partial charge in [0.05, 0.1) is 12.7 Å². The molecule has 0 aliphatic heterocycles. The Morgan fingerprint density at radius 2 is 2.43 bits per heavy atom. The first kappa shape index (κ1) is 12.7. The van der Waals surface area contributed by atoms with E-state index in [1.165, 1.54) is 0 Å². The molecule has 0 amide bonds. The average Bonchev–Trinajstić information content (AvgIpc) is 2.22. The second-order valence-corrected chi connectivity index (χ2v) is 2.96. The molecule has 6 heteroatoms. The summed E-state index contributed by atoms with van der Waals surface area (Å²) in [5.41, 5.74) is 7.33. The molecule has 1 atom stereocenters. The van der Waals surface area contributed by atoms with E-state index in [9.17, 15) is 0 Å². The second-order valence-electron chi connectivity index (χ2n) is 2.96. The highest BCUT2D eigenvalue weighted by molar-refractivity contribution is 5.03. The highest BCUT2D eigenvalue weighted by Crippen LogP contribution is 2.01. The van der Waals surface area contributed by atoms with E-state index in [4.69, 9.17) is 15.5 Å². The van der Waals surface area contributed by atoms with Crippen LogP contribution in [0.3, 0.4) is 0 Å². The van der Waals surface area contributed by atoms with Gasteiger partial charge in [0.1, 0.15) is 5.54 Å². The van der Waals surface area contributed by atoms with Crippen molar-refractivity contribution in [3.63, 3.8) is 0 Å². The molecule has 0 aromatic carbocycles. The fourth-order valence-corrected chi connectivity index (χ4v) is 0.856. The van der Waals surface area contributed by atoms with Crippen molar-refractivity contribution < 1.29 is 4.74 Å². The monoisotopic (exact) mass is 197 g/mol. The summed E-state index contributed by atoms with van der Waals surface area (Å²) in [5.74, 6) is 0. The summed E-state index contributed by atoms with van der Waals surface area (Å²) in [6, 6.07) is 2.12. The molecular weight excluding hydrogens is 182 g/mol. The molecular formula is C8H15N5O. The second kappa shape index (κ2) is 7.15. The van der Waals surface area contributed by atoms with Crippen molar-refractivity contribution in [2.75, 3.05) is 26.3 Å². The third kappa shape index (κ3) is 5.38. The van der Waals surface area contributed by atoms with Crippen LogP contribution in [-0.4, -0.2) is 31.8 Å². The Balaban J connectivity index is 3.87. The fourth-order valence-electron chi connectivity index (χ4n) is 0.856. The molecule has 14 heavy (non-hydrogen) atoms. The predicted octanol–water partition coefficient (Wildman–Crippen LogP) is 1.21. The van der Waals surface area contributed by atoms with Gasteiger partial charge in [0.25, 0.3) is 0 Å². The number of nitrogens with one attached hydrogen (secondary N) is 1. The quantitative estimate of drug-likeness (QED) is 0.287. The summed E-state index contributed by atoms with van der Waals surface area (Å²) in [5, 5.41) is 15.2. The van der Waals surface area contributed by atoms with Crippen LogP contribution >= 0.6 is 0 Å². The van der Waals surface area contributed by atoms with Gasteiger partial charge in [-0.2, -0.15) is 5.26 Å². The fraction of sp³-hybridized carbons (Fsp3) is 0.875. The predicted molar refractivity (Wildman–Crippen MR) is 52.5 cm³/mol. The number of rotatable bonds is 7. The van der Waals surface area contributed by atoms with Crippen molar-refractivity contribution >= 4 is 0 Å². The molecule has 0 aromatic heterocycles. The topological polar surface area (TPSA) is 93.8 Å². The minimum atomic E-state index is -0.707. The van der Waals surface area contributed by atoms with Crippen molar-refractivity contribution in [3.05, 3.63) is 10.4 Å². The van der Waals surface area contributed by atoms with Gasteiger partial charge >= 0.3 is 0 Å². The summed E-state index contributed by atoms with van der Waals surface area (Å²) < 4.78 is 5.16. The number of azide groups is 1. The first-order valence-electron chi connectivity index (χ1n) is 4.43. The third-order valence-electron chi connectivity index (χ3n) is 1.63. The minimum absolute atomic E-state index is 0.330. The van der Waals surface area contributed by atoms with Crippen LogP contribution in [0.5, 0.6) is 0 Å². The molecule has 0 aliphatic carbocycles. The van der Waals surface area contributed by atoms with Gasteiger partial charge in [0, 0.05) is 24.6 Å². The molecule has 0 spiro atoms. The van der Waals surface area contributed by atoms with E-state index in [1.807, 2.05) is 6.92 Å². The molecule has 0 aromatic rings. The lowest BCUT2D eigenvalue weighted by Gasteiger charge is -2.22. The van der Waals surface area contributed by atoms with E-state index in [-0.39, 0.29) is 0 Å². The maximum absolute atomic E-state index is 8.87. The summed E-state index contributed by atoms with van der Waals surface area (Å²) >= 11 is 0. The largest absolute Gasteiger partial charge is 0.379 e. The molecule has 0 fully saturated rings. The molecule has 1 unspecified atom stereocenters. The van der Waals surface area contributed by atoms with Crippen molar-refractivity contribution in [1.29, 1.82) is 5.26 Å². The first-order valence-corrected chi connectivity index (χ1v) is 4.43. The van der Waals surface area contributed by atoms with Gasteiger partial charge in [-0.3, -0.25) is 5.32 Å². The van der Waals surface area contributed by atoms with E-state index >= 15 is 0 Å². The van der Waals surface area contributed by atoms with Crippen molar-refractivity contribution in [3.8, 4) is 6.07 Å². The maximum Gasteiger partial charge on any atom is 0.127 e. The lowest BCUT2D eigenvalue weighted by Crippen LogP contribution is -2.46. The zero-order chi connectivity index (χ0) is 10.9. The van der Waals surface area contributed by atoms with Crippen LogP contribution in [0.1, 0.15) is 13.8 Å². The molecule has 0 radical (unpaired) electrons. The minimum Gasteiger partial charge on any atom is -0.379 e. The Kier molecular flexibility index (Phi) is 6.50. The summed E-state index contributed by atoms with van der Waals surface area (Å²) in [7, 11) is 0. The summed E-state index contributed by atoms with van der Waals surface area (Å²) in [4.78, 5) is 2.61. The zero-order valence-electron chi connectivity index (χ0n) is 8.53. The number of nitrogens with zero attached hydrogens (tertiary/aromatic N) is 4. The van der Waals surface area contributed by atoms with Crippen LogP contribution in [0.25, 0.3) is 10.4 Å². The zero-order valence-corrected chi connectivity index (χ0v) is 8.53. The van der Waals surface area contributed by atoms with Gasteiger partial charge in [-0.25, -0.2) is 0 Å². The Bertz CT molecular complexity index is 243. The van der Waals surface area contributed by atoms with Gasteiger partial charge in [-0.15, -0.1) is 0 Å². The lowest BCUT2D eigenvalue weighted by atomic mass is 10.1. The van der Waals surface area contributed by atoms with Crippen molar-refractivity contribution in [1.82, 2.24) is 5.32 Å². The Morgan fingerprint density at radius 1 is 1.71 bits per heavy atom. The molecule has 0 heterocycles. The van der Waals surface area contributed by atoms with E-state index in [0.29, 0.717) is 26.3 Å². The maximum atomic E-state index is 8.87. The third-order valence-corrected chi connectivity index (χ3v) is 1.63. The smallest absolute Gasteiger partial charge is 0.127 e. The number of ether oxygens (including phenoxy) is 1. The van der Waals surface area contributed by atoms with Crippen LogP contribution in [0.2, 0.25) is 0 Å². The van der Waals surface area contributed by atoms with Crippen molar-refractivity contribution in [2.24, 2.45) is 5.11 Å². The molecule has 0 saturated heterocycles. The standard InChI is InChI=1S/C8H15N5O/c1-3-14-7-8(2,6-9)11-4-5-12-13-10/h11H,3-5,7H2,1-2H3. The molecule has 0 bridgehead atoms. The van der Waals surface area contributed by atoms with E-state index in [0.717, 1.165) is 0 Å². The number of hydrogen-bond donors (Lipinski definition) is 1. The highest BCUT2D eigenvalue weighted by Gasteiger charge is 2.22. The van der Waals surface area contributed by atoms with E-state index < -0.39 is 5.54 Å². The van der Waals surface area contributed by atoms with E-state index in [1.54, 1.807) is 6.92 Å². The summed E-state index contributed by atoms with van der Waals surface area (Å²) in [6.45, 7) is 5.34. The van der Waals surface area contributed by atoms with Crippen LogP contribution < -0.4 is 5.32 Å². The molecule has 78 valence electrons.